The highest BCUT2D eigenvalue weighted by molar-refractivity contribution is 7.99. The molecule has 0 N–H and O–H groups in total. The fourth-order valence-corrected chi connectivity index (χ4v) is 3.27. The Balaban J connectivity index is 1.52. The Morgan fingerprint density at radius 1 is 1.17 bits per heavy atom. The molecule has 0 aliphatic heterocycles. The van der Waals surface area contributed by atoms with Crippen molar-refractivity contribution in [2.45, 2.75) is 25.3 Å². The van der Waals surface area contributed by atoms with Gasteiger partial charge in [-0.3, -0.25) is 4.79 Å². The molecule has 3 aromatic rings. The van der Waals surface area contributed by atoms with E-state index in [0.717, 1.165) is 28.5 Å². The Kier molecular flexibility index (Phi) is 6.82. The fraction of sp³-hybridized carbons (Fsp3) is 0.250. The van der Waals surface area contributed by atoms with E-state index in [1.165, 1.54) is 17.0 Å². The van der Waals surface area contributed by atoms with Crippen LogP contribution in [0.25, 0.3) is 11.5 Å². The van der Waals surface area contributed by atoms with Crippen molar-refractivity contribution in [3.63, 3.8) is 0 Å². The van der Waals surface area contributed by atoms with Crippen LogP contribution in [0.15, 0.2) is 58.2 Å². The molecule has 0 aliphatic carbocycles. The van der Waals surface area contributed by atoms with Crippen LogP contribution in [-0.4, -0.2) is 40.4 Å². The van der Waals surface area contributed by atoms with Gasteiger partial charge < -0.3 is 14.1 Å². The zero-order chi connectivity index (χ0) is 20.8. The quantitative estimate of drug-likeness (QED) is 0.504. The third kappa shape index (κ3) is 5.77. The van der Waals surface area contributed by atoms with Crippen LogP contribution in [0.3, 0.4) is 0 Å². The second-order valence-corrected chi connectivity index (χ2v) is 7.18. The van der Waals surface area contributed by atoms with E-state index in [1.807, 2.05) is 31.2 Å². The average Bonchev–Trinajstić information content (AvgIpc) is 3.16. The lowest BCUT2D eigenvalue weighted by molar-refractivity contribution is -0.127. The molecule has 1 amide bonds. The van der Waals surface area contributed by atoms with Gasteiger partial charge in [0.15, 0.2) is 0 Å². The molecule has 0 saturated carbocycles. The van der Waals surface area contributed by atoms with Crippen molar-refractivity contribution >= 4 is 17.7 Å². The topological polar surface area (TPSA) is 68.5 Å². The molecule has 2 aromatic carbocycles. The average molecular weight is 419 g/mol. The number of carbonyl (C=O) groups is 1. The van der Waals surface area contributed by atoms with Gasteiger partial charge in [0.2, 0.25) is 11.8 Å². The normalized spacial score (nSPS) is 10.9. The van der Waals surface area contributed by atoms with Crippen LogP contribution in [0, 0.1) is 6.92 Å². The van der Waals surface area contributed by atoms with Gasteiger partial charge in [0, 0.05) is 19.2 Å². The number of alkyl halides is 2. The summed E-state index contributed by atoms with van der Waals surface area (Å²) < 4.78 is 34.3. The molecule has 0 radical (unpaired) electrons. The predicted molar refractivity (Wildman–Crippen MR) is 105 cm³/mol. The van der Waals surface area contributed by atoms with Crippen molar-refractivity contribution in [1.82, 2.24) is 15.1 Å². The molecule has 1 aromatic heterocycles. The van der Waals surface area contributed by atoms with Gasteiger partial charge in [-0.25, -0.2) is 0 Å². The van der Waals surface area contributed by atoms with Gasteiger partial charge in [-0.1, -0.05) is 42.1 Å². The second-order valence-electron chi connectivity index (χ2n) is 6.25. The number of carbonyl (C=O) groups excluding carboxylic acids is 1. The highest BCUT2D eigenvalue weighted by Gasteiger charge is 2.15. The molecule has 0 spiro atoms. The lowest BCUT2D eigenvalue weighted by Crippen LogP contribution is -2.27. The molecule has 152 valence electrons. The summed E-state index contributed by atoms with van der Waals surface area (Å²) >= 11 is 1.16. The highest BCUT2D eigenvalue weighted by Crippen LogP contribution is 2.25. The molecular formula is C20H19F2N3O3S. The number of benzene rings is 2. The largest absolute Gasteiger partial charge is 0.435 e. The van der Waals surface area contributed by atoms with Gasteiger partial charge in [0.05, 0.1) is 5.75 Å². The molecule has 0 saturated heterocycles. The van der Waals surface area contributed by atoms with Crippen molar-refractivity contribution in [2.24, 2.45) is 0 Å². The minimum atomic E-state index is -2.86. The zero-order valence-corrected chi connectivity index (χ0v) is 16.7. The smallest absolute Gasteiger partial charge is 0.387 e. The summed E-state index contributed by atoms with van der Waals surface area (Å²) in [5, 5.41) is 8.34. The van der Waals surface area contributed by atoms with Crippen molar-refractivity contribution in [1.29, 1.82) is 0 Å². The Hall–Kier alpha value is -2.94. The first-order valence-corrected chi connectivity index (χ1v) is 9.71. The number of aromatic nitrogens is 2. The van der Waals surface area contributed by atoms with Crippen LogP contribution in [0.1, 0.15) is 11.1 Å². The summed E-state index contributed by atoms with van der Waals surface area (Å²) in [4.78, 5) is 13.9. The van der Waals surface area contributed by atoms with Crippen LogP contribution >= 0.6 is 11.8 Å². The highest BCUT2D eigenvalue weighted by atomic mass is 32.2. The summed E-state index contributed by atoms with van der Waals surface area (Å²) in [6.07, 6.45) is 0. The van der Waals surface area contributed by atoms with E-state index in [9.17, 15) is 13.6 Å². The van der Waals surface area contributed by atoms with Crippen molar-refractivity contribution < 1.29 is 22.7 Å². The Morgan fingerprint density at radius 3 is 2.59 bits per heavy atom. The van der Waals surface area contributed by atoms with Gasteiger partial charge in [-0.15, -0.1) is 10.2 Å². The maximum atomic E-state index is 12.4. The third-order valence-electron chi connectivity index (χ3n) is 4.10. The van der Waals surface area contributed by atoms with E-state index >= 15 is 0 Å². The first-order chi connectivity index (χ1) is 13.9. The SMILES string of the molecule is Cc1ccccc1-c1nnc(SCC(=O)N(C)Cc2ccc(OC(F)F)cc2)o1. The van der Waals surface area contributed by atoms with Gasteiger partial charge in [-0.2, -0.15) is 8.78 Å². The van der Waals surface area contributed by atoms with E-state index in [0.29, 0.717) is 17.7 Å². The van der Waals surface area contributed by atoms with E-state index in [1.54, 1.807) is 19.2 Å². The number of rotatable bonds is 8. The van der Waals surface area contributed by atoms with Gasteiger partial charge >= 0.3 is 6.61 Å². The lowest BCUT2D eigenvalue weighted by atomic mass is 10.1. The first-order valence-electron chi connectivity index (χ1n) is 8.72. The van der Waals surface area contributed by atoms with E-state index in [2.05, 4.69) is 14.9 Å². The standard InChI is InChI=1S/C20H19F2N3O3S/c1-13-5-3-4-6-16(13)18-23-24-20(28-18)29-12-17(26)25(2)11-14-7-9-15(10-8-14)27-19(21)22/h3-10,19H,11-12H2,1-2H3. The fourth-order valence-electron chi connectivity index (χ4n) is 2.56. The second kappa shape index (κ2) is 9.51. The molecule has 6 nitrogen and oxygen atoms in total. The molecule has 1 heterocycles. The van der Waals surface area contributed by atoms with Gasteiger partial charge in [-0.05, 0) is 36.2 Å². The van der Waals surface area contributed by atoms with Crippen molar-refractivity contribution in [3.05, 3.63) is 59.7 Å². The van der Waals surface area contributed by atoms with Crippen LogP contribution in [0.4, 0.5) is 8.78 Å². The Labute approximate surface area is 170 Å². The van der Waals surface area contributed by atoms with Crippen LogP contribution in [-0.2, 0) is 11.3 Å². The van der Waals surface area contributed by atoms with Crippen LogP contribution < -0.4 is 4.74 Å². The van der Waals surface area contributed by atoms with Crippen molar-refractivity contribution in [2.75, 3.05) is 12.8 Å². The zero-order valence-electron chi connectivity index (χ0n) is 15.8. The molecule has 29 heavy (non-hydrogen) atoms. The van der Waals surface area contributed by atoms with E-state index in [4.69, 9.17) is 4.42 Å². The number of ether oxygens (including phenoxy) is 1. The molecule has 0 aliphatic rings. The number of hydrogen-bond acceptors (Lipinski definition) is 6. The number of aryl methyl sites for hydroxylation is 1. The minimum absolute atomic E-state index is 0.0779. The lowest BCUT2D eigenvalue weighted by Gasteiger charge is -2.17. The summed E-state index contributed by atoms with van der Waals surface area (Å²) in [7, 11) is 1.67. The minimum Gasteiger partial charge on any atom is -0.435 e. The monoisotopic (exact) mass is 419 g/mol. The van der Waals surface area contributed by atoms with Crippen LogP contribution in [0.5, 0.6) is 5.75 Å². The number of amides is 1. The predicted octanol–water partition coefficient (Wildman–Crippen LogP) is 4.40. The Bertz CT molecular complexity index is 964. The maximum Gasteiger partial charge on any atom is 0.387 e. The number of thioether (sulfide) groups is 1. The number of hydrogen-bond donors (Lipinski definition) is 0. The van der Waals surface area contributed by atoms with E-state index in [-0.39, 0.29) is 17.4 Å². The number of halogens is 2. The molecule has 0 fully saturated rings. The molecule has 0 unspecified atom stereocenters. The summed E-state index contributed by atoms with van der Waals surface area (Å²) in [5.41, 5.74) is 2.68. The molecule has 3 rings (SSSR count). The molecule has 9 heteroatoms. The van der Waals surface area contributed by atoms with E-state index < -0.39 is 6.61 Å². The summed E-state index contributed by atoms with van der Waals surface area (Å²) in [6.45, 7) is -0.568. The first kappa shape index (κ1) is 20.8. The third-order valence-corrected chi connectivity index (χ3v) is 4.90. The van der Waals surface area contributed by atoms with Gasteiger partial charge in [0.1, 0.15) is 5.75 Å². The molecule has 0 bridgehead atoms. The Morgan fingerprint density at radius 2 is 1.90 bits per heavy atom. The molecule has 0 atom stereocenters. The maximum absolute atomic E-state index is 12.4. The summed E-state index contributed by atoms with van der Waals surface area (Å²) in [6, 6.07) is 13.8. The summed E-state index contributed by atoms with van der Waals surface area (Å²) in [5.74, 6) is 0.503. The number of nitrogens with zero attached hydrogens (tertiary/aromatic N) is 3. The van der Waals surface area contributed by atoms with Crippen LogP contribution in [0.2, 0.25) is 0 Å². The van der Waals surface area contributed by atoms with Gasteiger partial charge in [0.25, 0.3) is 5.22 Å². The molecular weight excluding hydrogens is 400 g/mol. The van der Waals surface area contributed by atoms with Crippen molar-refractivity contribution in [3.8, 4) is 17.2 Å².